The molecule has 12 heavy (non-hydrogen) atoms. The second-order valence-corrected chi connectivity index (χ2v) is 2.37. The molecule has 0 aliphatic heterocycles. The van der Waals surface area contributed by atoms with E-state index in [4.69, 9.17) is 5.11 Å². The average Bonchev–Trinajstić information content (AvgIpc) is 1.84. The number of carboxylic acid groups (broad SMARTS) is 1. The Kier molecular flexibility index (Phi) is 4.71. The molecular formula is C7H11NO4. The highest BCUT2D eigenvalue weighted by Crippen LogP contribution is 1.86. The first-order chi connectivity index (χ1) is 5.52. The number of hydroxylamine groups is 1. The van der Waals surface area contributed by atoms with Crippen LogP contribution >= 0.6 is 0 Å². The predicted octanol–water partition coefficient (Wildman–Crippen LogP) is 0.0850. The molecule has 0 saturated heterocycles. The van der Waals surface area contributed by atoms with Crippen molar-refractivity contribution < 1.29 is 19.5 Å². The van der Waals surface area contributed by atoms with Crippen molar-refractivity contribution in [2.45, 2.75) is 13.8 Å². The molecule has 0 aliphatic carbocycles. The van der Waals surface area contributed by atoms with Crippen LogP contribution in [0.25, 0.3) is 0 Å². The number of carbonyl (C=O) groups excluding carboxylic acids is 1. The molecule has 5 nitrogen and oxygen atoms in total. The van der Waals surface area contributed by atoms with Crippen molar-refractivity contribution in [3.05, 3.63) is 11.6 Å². The van der Waals surface area contributed by atoms with Gasteiger partial charge in [-0.15, -0.1) is 0 Å². The second-order valence-electron chi connectivity index (χ2n) is 2.37. The summed E-state index contributed by atoms with van der Waals surface area (Å²) in [5.41, 5.74) is 2.76. The predicted molar refractivity (Wildman–Crippen MR) is 41.2 cm³/mol. The van der Waals surface area contributed by atoms with Gasteiger partial charge in [0.15, 0.2) is 6.61 Å². The van der Waals surface area contributed by atoms with Crippen LogP contribution in [0.5, 0.6) is 0 Å². The number of carboxylic acids is 1. The SMILES string of the molecule is CC(C)=CC(=O)NOCC(=O)O. The summed E-state index contributed by atoms with van der Waals surface area (Å²) in [7, 11) is 0. The molecule has 0 aromatic carbocycles. The van der Waals surface area contributed by atoms with Crippen molar-refractivity contribution in [3.63, 3.8) is 0 Å². The number of hydrogen-bond donors (Lipinski definition) is 2. The summed E-state index contributed by atoms with van der Waals surface area (Å²) >= 11 is 0. The molecule has 2 N–H and O–H groups in total. The van der Waals surface area contributed by atoms with Gasteiger partial charge in [0.1, 0.15) is 0 Å². The number of amides is 1. The molecule has 1 amide bonds. The lowest BCUT2D eigenvalue weighted by atomic mass is 10.3. The zero-order valence-electron chi connectivity index (χ0n) is 6.96. The average molecular weight is 173 g/mol. The Balaban J connectivity index is 3.59. The minimum absolute atomic E-state index is 0.462. The van der Waals surface area contributed by atoms with Gasteiger partial charge >= 0.3 is 5.97 Å². The maximum Gasteiger partial charge on any atom is 0.332 e. The highest BCUT2D eigenvalue weighted by Gasteiger charge is 1.98. The molecule has 0 heterocycles. The summed E-state index contributed by atoms with van der Waals surface area (Å²) in [5.74, 6) is -1.59. The topological polar surface area (TPSA) is 75.6 Å². The van der Waals surface area contributed by atoms with E-state index in [2.05, 4.69) is 4.84 Å². The Hall–Kier alpha value is -1.36. The summed E-state index contributed by atoms with van der Waals surface area (Å²) < 4.78 is 0. The van der Waals surface area contributed by atoms with Crippen LogP contribution in [0.1, 0.15) is 13.8 Å². The van der Waals surface area contributed by atoms with Gasteiger partial charge in [0, 0.05) is 6.08 Å². The summed E-state index contributed by atoms with van der Waals surface area (Å²) in [5, 5.41) is 8.12. The highest BCUT2D eigenvalue weighted by atomic mass is 16.7. The first kappa shape index (κ1) is 10.6. The van der Waals surface area contributed by atoms with Crippen LogP contribution < -0.4 is 5.48 Å². The van der Waals surface area contributed by atoms with Crippen molar-refractivity contribution in [1.82, 2.24) is 5.48 Å². The van der Waals surface area contributed by atoms with Crippen molar-refractivity contribution in [2.24, 2.45) is 0 Å². The van der Waals surface area contributed by atoms with E-state index in [-0.39, 0.29) is 0 Å². The van der Waals surface area contributed by atoms with Crippen LogP contribution in [-0.4, -0.2) is 23.6 Å². The van der Waals surface area contributed by atoms with Gasteiger partial charge in [-0.25, -0.2) is 10.3 Å². The van der Waals surface area contributed by atoms with E-state index < -0.39 is 18.5 Å². The number of nitrogens with one attached hydrogen (secondary N) is 1. The Bertz CT molecular complexity index is 205. The lowest BCUT2D eigenvalue weighted by molar-refractivity contribution is -0.147. The van der Waals surface area contributed by atoms with Crippen molar-refractivity contribution in [3.8, 4) is 0 Å². The minimum Gasteiger partial charge on any atom is -0.479 e. The van der Waals surface area contributed by atoms with Crippen molar-refractivity contribution in [1.29, 1.82) is 0 Å². The van der Waals surface area contributed by atoms with E-state index in [9.17, 15) is 9.59 Å². The molecule has 0 bridgehead atoms. The highest BCUT2D eigenvalue weighted by molar-refractivity contribution is 5.87. The molecule has 5 heteroatoms. The number of hydrogen-bond acceptors (Lipinski definition) is 3. The molecule has 0 atom stereocenters. The molecule has 0 aliphatic rings. The van der Waals surface area contributed by atoms with Gasteiger partial charge in [-0.2, -0.15) is 0 Å². The maximum atomic E-state index is 10.7. The molecule has 0 rings (SSSR count). The van der Waals surface area contributed by atoms with Crippen molar-refractivity contribution >= 4 is 11.9 Å². The Morgan fingerprint density at radius 1 is 1.50 bits per heavy atom. The van der Waals surface area contributed by atoms with Gasteiger partial charge < -0.3 is 5.11 Å². The number of aliphatic carboxylic acids is 1. The number of allylic oxidation sites excluding steroid dienone is 1. The van der Waals surface area contributed by atoms with E-state index in [1.54, 1.807) is 13.8 Å². The minimum atomic E-state index is -1.13. The Morgan fingerprint density at radius 2 is 2.08 bits per heavy atom. The molecule has 0 fully saturated rings. The quantitative estimate of drug-likeness (QED) is 0.466. The van der Waals surface area contributed by atoms with Gasteiger partial charge in [-0.05, 0) is 13.8 Å². The van der Waals surface area contributed by atoms with Crippen LogP contribution in [0.15, 0.2) is 11.6 Å². The summed E-state index contributed by atoms with van der Waals surface area (Å²) in [6, 6.07) is 0. The number of carbonyl (C=O) groups is 2. The standard InChI is InChI=1S/C7H11NO4/c1-5(2)3-6(9)8-12-4-7(10)11/h3H,4H2,1-2H3,(H,8,9)(H,10,11). The second kappa shape index (κ2) is 5.31. The number of rotatable bonds is 4. The fraction of sp³-hybridized carbons (Fsp3) is 0.429. The zero-order chi connectivity index (χ0) is 9.56. The molecule has 0 aromatic rings. The van der Waals surface area contributed by atoms with E-state index >= 15 is 0 Å². The molecule has 0 spiro atoms. The third kappa shape index (κ3) is 6.76. The van der Waals surface area contributed by atoms with Crippen molar-refractivity contribution in [2.75, 3.05) is 6.61 Å². The Morgan fingerprint density at radius 3 is 2.50 bits per heavy atom. The molecule has 0 aromatic heterocycles. The smallest absolute Gasteiger partial charge is 0.332 e. The van der Waals surface area contributed by atoms with Gasteiger partial charge in [0.05, 0.1) is 0 Å². The fourth-order valence-corrected chi connectivity index (χ4v) is 0.461. The molecule has 0 unspecified atom stereocenters. The lowest BCUT2D eigenvalue weighted by Crippen LogP contribution is -2.25. The van der Waals surface area contributed by atoms with E-state index in [1.807, 2.05) is 5.48 Å². The normalized spacial score (nSPS) is 8.83. The first-order valence-corrected chi connectivity index (χ1v) is 3.31. The summed E-state index contributed by atoms with van der Waals surface area (Å²) in [6.07, 6.45) is 1.31. The maximum absolute atomic E-state index is 10.7. The molecule has 0 radical (unpaired) electrons. The lowest BCUT2D eigenvalue weighted by Gasteiger charge is -1.99. The van der Waals surface area contributed by atoms with E-state index in [0.29, 0.717) is 0 Å². The van der Waals surface area contributed by atoms with E-state index in [0.717, 1.165) is 5.57 Å². The Labute approximate surface area is 70.0 Å². The van der Waals surface area contributed by atoms with Gasteiger partial charge in [-0.1, -0.05) is 5.57 Å². The van der Waals surface area contributed by atoms with Gasteiger partial charge in [0.2, 0.25) is 0 Å². The zero-order valence-corrected chi connectivity index (χ0v) is 6.96. The van der Waals surface area contributed by atoms with Gasteiger partial charge in [0.25, 0.3) is 5.91 Å². The van der Waals surface area contributed by atoms with Crippen LogP contribution in [0.2, 0.25) is 0 Å². The fourth-order valence-electron chi connectivity index (χ4n) is 0.461. The van der Waals surface area contributed by atoms with E-state index in [1.165, 1.54) is 6.08 Å². The summed E-state index contributed by atoms with van der Waals surface area (Å²) in [6.45, 7) is 2.95. The summed E-state index contributed by atoms with van der Waals surface area (Å²) in [4.78, 5) is 25.0. The largest absolute Gasteiger partial charge is 0.479 e. The molecule has 0 saturated carbocycles. The van der Waals surface area contributed by atoms with Crippen LogP contribution in [0.4, 0.5) is 0 Å². The third-order valence-electron chi connectivity index (χ3n) is 0.788. The first-order valence-electron chi connectivity index (χ1n) is 3.31. The van der Waals surface area contributed by atoms with Crippen LogP contribution in [0.3, 0.4) is 0 Å². The van der Waals surface area contributed by atoms with Crippen LogP contribution in [-0.2, 0) is 14.4 Å². The van der Waals surface area contributed by atoms with Gasteiger partial charge in [-0.3, -0.25) is 9.63 Å². The third-order valence-corrected chi connectivity index (χ3v) is 0.788. The molecular weight excluding hydrogens is 162 g/mol. The molecule has 68 valence electrons. The monoisotopic (exact) mass is 173 g/mol. The van der Waals surface area contributed by atoms with Crippen LogP contribution in [0, 0.1) is 0 Å².